The SMILES string of the molecule is O=C(Nc1nc2c(Br)cccc2s1)C1CCCN1S(=O)(=O)c1ccc(Cl)cc1. The van der Waals surface area contributed by atoms with Gasteiger partial charge in [0.25, 0.3) is 0 Å². The number of amides is 1. The van der Waals surface area contributed by atoms with Crippen LogP contribution in [0.5, 0.6) is 0 Å². The molecule has 28 heavy (non-hydrogen) atoms. The average molecular weight is 501 g/mol. The summed E-state index contributed by atoms with van der Waals surface area (Å²) < 4.78 is 29.0. The highest BCUT2D eigenvalue weighted by atomic mass is 79.9. The number of carbonyl (C=O) groups excluding carboxylic acids is 1. The smallest absolute Gasteiger partial charge is 0.244 e. The van der Waals surface area contributed by atoms with Crippen LogP contribution in [0.25, 0.3) is 10.2 Å². The van der Waals surface area contributed by atoms with Gasteiger partial charge in [-0.25, -0.2) is 13.4 Å². The first-order chi connectivity index (χ1) is 13.4. The van der Waals surface area contributed by atoms with Crippen LogP contribution in [0, 0.1) is 0 Å². The number of anilines is 1. The predicted molar refractivity (Wildman–Crippen MR) is 114 cm³/mol. The van der Waals surface area contributed by atoms with E-state index < -0.39 is 16.1 Å². The van der Waals surface area contributed by atoms with Gasteiger partial charge in [-0.1, -0.05) is 29.0 Å². The largest absolute Gasteiger partial charge is 0.301 e. The lowest BCUT2D eigenvalue weighted by atomic mass is 10.2. The molecule has 10 heteroatoms. The summed E-state index contributed by atoms with van der Waals surface area (Å²) in [5.41, 5.74) is 0.764. The quantitative estimate of drug-likeness (QED) is 0.572. The van der Waals surface area contributed by atoms with Gasteiger partial charge in [0.2, 0.25) is 15.9 Å². The van der Waals surface area contributed by atoms with Gasteiger partial charge in [-0.3, -0.25) is 4.79 Å². The molecule has 0 bridgehead atoms. The van der Waals surface area contributed by atoms with Crippen LogP contribution in [0.2, 0.25) is 5.02 Å². The van der Waals surface area contributed by atoms with Crippen LogP contribution in [0.4, 0.5) is 5.13 Å². The van der Waals surface area contributed by atoms with Crippen molar-refractivity contribution in [3.63, 3.8) is 0 Å². The third-order valence-electron chi connectivity index (χ3n) is 4.53. The normalized spacial score (nSPS) is 17.9. The third kappa shape index (κ3) is 3.69. The van der Waals surface area contributed by atoms with Crippen LogP contribution in [0.15, 0.2) is 51.8 Å². The van der Waals surface area contributed by atoms with Gasteiger partial charge in [-0.05, 0) is 65.2 Å². The summed E-state index contributed by atoms with van der Waals surface area (Å²) in [6.45, 7) is 0.300. The number of halogens is 2. The number of nitrogens with one attached hydrogen (secondary N) is 1. The Morgan fingerprint density at radius 3 is 2.71 bits per heavy atom. The molecule has 1 atom stereocenters. The van der Waals surface area contributed by atoms with Crippen LogP contribution >= 0.6 is 38.9 Å². The molecule has 1 aliphatic rings. The highest BCUT2D eigenvalue weighted by Crippen LogP contribution is 2.32. The summed E-state index contributed by atoms with van der Waals surface area (Å²) in [5.74, 6) is -0.370. The first kappa shape index (κ1) is 19.8. The second-order valence-corrected chi connectivity index (χ2v) is 10.5. The summed E-state index contributed by atoms with van der Waals surface area (Å²) in [4.78, 5) is 17.4. The topological polar surface area (TPSA) is 79.4 Å². The van der Waals surface area contributed by atoms with E-state index in [2.05, 4.69) is 26.2 Å². The number of carbonyl (C=O) groups is 1. The van der Waals surface area contributed by atoms with Crippen molar-refractivity contribution in [2.24, 2.45) is 0 Å². The van der Waals surface area contributed by atoms with Gasteiger partial charge in [0.1, 0.15) is 6.04 Å². The van der Waals surface area contributed by atoms with Crippen LogP contribution in [0.3, 0.4) is 0 Å². The number of hydrogen-bond acceptors (Lipinski definition) is 5. The van der Waals surface area contributed by atoms with Crippen LogP contribution in [-0.2, 0) is 14.8 Å². The lowest BCUT2D eigenvalue weighted by molar-refractivity contribution is -0.119. The first-order valence-corrected chi connectivity index (χ1v) is 11.9. The molecule has 1 aromatic heterocycles. The number of aromatic nitrogens is 1. The third-order valence-corrected chi connectivity index (χ3v) is 8.28. The fourth-order valence-electron chi connectivity index (χ4n) is 3.19. The zero-order valence-corrected chi connectivity index (χ0v) is 18.4. The van der Waals surface area contributed by atoms with Gasteiger partial charge in [0.05, 0.1) is 15.1 Å². The van der Waals surface area contributed by atoms with Crippen molar-refractivity contribution in [2.45, 2.75) is 23.8 Å². The fraction of sp³-hybridized carbons (Fsp3) is 0.222. The maximum atomic E-state index is 13.0. The molecule has 1 unspecified atom stereocenters. The van der Waals surface area contributed by atoms with Gasteiger partial charge in [0.15, 0.2) is 5.13 Å². The molecule has 0 radical (unpaired) electrons. The van der Waals surface area contributed by atoms with Crippen molar-refractivity contribution in [1.82, 2.24) is 9.29 Å². The van der Waals surface area contributed by atoms with Crippen LogP contribution in [0.1, 0.15) is 12.8 Å². The zero-order chi connectivity index (χ0) is 19.9. The summed E-state index contributed by atoms with van der Waals surface area (Å²) in [7, 11) is -3.78. The lowest BCUT2D eigenvalue weighted by Gasteiger charge is -2.23. The minimum absolute atomic E-state index is 0.125. The highest BCUT2D eigenvalue weighted by molar-refractivity contribution is 9.10. The van der Waals surface area contributed by atoms with Gasteiger partial charge in [0, 0.05) is 16.0 Å². The molecule has 146 valence electrons. The molecule has 3 aromatic rings. The van der Waals surface area contributed by atoms with Crippen molar-refractivity contribution in [2.75, 3.05) is 11.9 Å². The van der Waals surface area contributed by atoms with E-state index in [0.29, 0.717) is 29.5 Å². The molecule has 1 amide bonds. The Hall–Kier alpha value is -1.52. The number of sulfonamides is 1. The number of thiazole rings is 1. The summed E-state index contributed by atoms with van der Waals surface area (Å²) in [5, 5.41) is 3.69. The molecule has 4 rings (SSSR count). The Kier molecular flexibility index (Phi) is 5.45. The van der Waals surface area contributed by atoms with E-state index in [4.69, 9.17) is 11.6 Å². The number of hydrogen-bond donors (Lipinski definition) is 1. The van der Waals surface area contributed by atoms with Crippen molar-refractivity contribution in [3.8, 4) is 0 Å². The Labute approximate surface area is 179 Å². The van der Waals surface area contributed by atoms with Gasteiger partial charge in [-0.2, -0.15) is 4.31 Å². The molecule has 0 spiro atoms. The maximum absolute atomic E-state index is 13.0. The van der Waals surface area contributed by atoms with Crippen molar-refractivity contribution in [1.29, 1.82) is 0 Å². The minimum Gasteiger partial charge on any atom is -0.301 e. The summed E-state index contributed by atoms with van der Waals surface area (Å²) in [6, 6.07) is 10.9. The standard InChI is InChI=1S/C18H15BrClN3O3S2/c19-13-3-1-5-15-16(13)21-18(27-15)22-17(24)14-4-2-10-23(14)28(25,26)12-8-6-11(20)7-9-12/h1,3,5-9,14H,2,4,10H2,(H,21,22,24). The van der Waals surface area contributed by atoms with E-state index in [1.54, 1.807) is 0 Å². The second-order valence-electron chi connectivity index (χ2n) is 6.32. The zero-order valence-electron chi connectivity index (χ0n) is 14.4. The number of fused-ring (bicyclic) bond motifs is 1. The first-order valence-electron chi connectivity index (χ1n) is 8.49. The Bertz CT molecular complexity index is 1150. The Morgan fingerprint density at radius 2 is 2.00 bits per heavy atom. The lowest BCUT2D eigenvalue weighted by Crippen LogP contribution is -2.43. The molecule has 1 saturated heterocycles. The van der Waals surface area contributed by atoms with Gasteiger partial charge >= 0.3 is 0 Å². The van der Waals surface area contributed by atoms with Crippen LogP contribution < -0.4 is 5.32 Å². The fourth-order valence-corrected chi connectivity index (χ4v) is 6.45. The molecular weight excluding hydrogens is 486 g/mol. The van der Waals surface area contributed by atoms with E-state index in [-0.39, 0.29) is 10.8 Å². The maximum Gasteiger partial charge on any atom is 0.244 e. The molecule has 2 heterocycles. The van der Waals surface area contributed by atoms with E-state index in [9.17, 15) is 13.2 Å². The predicted octanol–water partition coefficient (Wildman–Crippen LogP) is 4.50. The molecule has 1 aliphatic heterocycles. The minimum atomic E-state index is -3.78. The van der Waals surface area contributed by atoms with Gasteiger partial charge < -0.3 is 5.32 Å². The molecular formula is C18H15BrClN3O3S2. The van der Waals surface area contributed by atoms with E-state index in [1.807, 2.05) is 18.2 Å². The number of benzene rings is 2. The van der Waals surface area contributed by atoms with Crippen molar-refractivity contribution >= 4 is 70.1 Å². The van der Waals surface area contributed by atoms with E-state index in [1.165, 1.54) is 39.9 Å². The summed E-state index contributed by atoms with van der Waals surface area (Å²) >= 11 is 10.6. The number of nitrogens with zero attached hydrogens (tertiary/aromatic N) is 2. The second kappa shape index (κ2) is 7.72. The monoisotopic (exact) mass is 499 g/mol. The molecule has 1 N–H and O–H groups in total. The molecule has 2 aromatic carbocycles. The Morgan fingerprint density at radius 1 is 1.25 bits per heavy atom. The summed E-state index contributed by atoms with van der Waals surface area (Å²) in [6.07, 6.45) is 1.09. The van der Waals surface area contributed by atoms with Crippen molar-refractivity contribution < 1.29 is 13.2 Å². The number of rotatable bonds is 4. The molecule has 0 saturated carbocycles. The van der Waals surface area contributed by atoms with Crippen molar-refractivity contribution in [3.05, 3.63) is 52.0 Å². The molecule has 6 nitrogen and oxygen atoms in total. The average Bonchev–Trinajstić information content (AvgIpc) is 3.30. The molecule has 1 fully saturated rings. The van der Waals surface area contributed by atoms with E-state index in [0.717, 1.165) is 14.7 Å². The molecule has 0 aliphatic carbocycles. The van der Waals surface area contributed by atoms with Gasteiger partial charge in [-0.15, -0.1) is 0 Å². The Balaban J connectivity index is 1.57. The van der Waals surface area contributed by atoms with Crippen LogP contribution in [-0.4, -0.2) is 36.2 Å². The number of para-hydroxylation sites is 1. The highest BCUT2D eigenvalue weighted by Gasteiger charge is 2.39. The van der Waals surface area contributed by atoms with E-state index >= 15 is 0 Å².